The summed E-state index contributed by atoms with van der Waals surface area (Å²) in [6, 6.07) is 4.83. The average molecular weight is 325 g/mol. The van der Waals surface area contributed by atoms with Crippen molar-refractivity contribution in [1.82, 2.24) is 29.3 Å². The second kappa shape index (κ2) is 6.41. The molecule has 122 valence electrons. The molecule has 0 saturated heterocycles. The van der Waals surface area contributed by atoms with Crippen molar-refractivity contribution in [3.05, 3.63) is 58.8 Å². The summed E-state index contributed by atoms with van der Waals surface area (Å²) in [6.07, 6.45) is 4.03. The summed E-state index contributed by atoms with van der Waals surface area (Å²) < 4.78 is 2.87. The van der Waals surface area contributed by atoms with Gasteiger partial charge < -0.3 is 5.32 Å². The summed E-state index contributed by atoms with van der Waals surface area (Å²) in [5.74, 6) is 0.488. The number of nitrogens with zero attached hydrogens (tertiary/aromatic N) is 6. The lowest BCUT2D eigenvalue weighted by Crippen LogP contribution is -2.27. The van der Waals surface area contributed by atoms with Gasteiger partial charge in [0, 0.05) is 24.0 Å². The van der Waals surface area contributed by atoms with Crippen molar-refractivity contribution in [3.63, 3.8) is 0 Å². The third kappa shape index (κ3) is 3.35. The number of hydrogen-bond acceptors (Lipinski definition) is 6. The molecule has 0 aromatic carbocycles. The Labute approximate surface area is 137 Å². The monoisotopic (exact) mass is 325 g/mol. The number of carbonyl (C=O) groups is 1. The molecule has 0 spiro atoms. The number of nitrogens with one attached hydrogen (secondary N) is 1. The first kappa shape index (κ1) is 15.5. The van der Waals surface area contributed by atoms with Gasteiger partial charge in [0.1, 0.15) is 18.7 Å². The lowest BCUT2D eigenvalue weighted by atomic mass is 10.4. The zero-order chi connectivity index (χ0) is 17.1. The van der Waals surface area contributed by atoms with Crippen LogP contribution >= 0.6 is 0 Å². The smallest absolute Gasteiger partial charge is 0.253 e. The minimum atomic E-state index is -0.386. The van der Waals surface area contributed by atoms with Gasteiger partial charge in [-0.3, -0.25) is 14.2 Å². The van der Waals surface area contributed by atoms with Gasteiger partial charge in [-0.25, -0.2) is 19.6 Å². The van der Waals surface area contributed by atoms with Crippen LogP contribution in [0.4, 0.5) is 5.82 Å². The van der Waals surface area contributed by atoms with Crippen LogP contribution in [0, 0.1) is 13.8 Å². The Hall–Kier alpha value is -3.36. The van der Waals surface area contributed by atoms with Gasteiger partial charge in [0.2, 0.25) is 5.91 Å². The van der Waals surface area contributed by atoms with Gasteiger partial charge in [-0.05, 0) is 19.9 Å². The van der Waals surface area contributed by atoms with Crippen LogP contribution in [0.25, 0.3) is 5.82 Å². The van der Waals surface area contributed by atoms with Gasteiger partial charge >= 0.3 is 0 Å². The van der Waals surface area contributed by atoms with E-state index in [4.69, 9.17) is 0 Å². The normalized spacial score (nSPS) is 10.6. The highest BCUT2D eigenvalue weighted by Crippen LogP contribution is 2.12. The minimum Gasteiger partial charge on any atom is -0.309 e. The van der Waals surface area contributed by atoms with Crippen LogP contribution in [0.5, 0.6) is 0 Å². The summed E-state index contributed by atoms with van der Waals surface area (Å²) in [6.45, 7) is 3.65. The van der Waals surface area contributed by atoms with Gasteiger partial charge in [-0.2, -0.15) is 5.10 Å². The summed E-state index contributed by atoms with van der Waals surface area (Å²) >= 11 is 0. The molecule has 0 bridgehead atoms. The molecule has 0 atom stereocenters. The molecule has 0 aliphatic rings. The SMILES string of the molecule is Cc1cc(C)n(-c2cc(NC(=O)Cn3cnccc3=O)ncn2)n1. The van der Waals surface area contributed by atoms with E-state index in [1.807, 2.05) is 19.9 Å². The molecule has 0 aliphatic heterocycles. The Bertz CT molecular complexity index is 945. The second-order valence-corrected chi connectivity index (χ2v) is 5.19. The molecule has 0 fully saturated rings. The number of amides is 1. The number of anilines is 1. The molecular formula is C15H15N7O2. The van der Waals surface area contributed by atoms with Crippen LogP contribution in [0.3, 0.4) is 0 Å². The van der Waals surface area contributed by atoms with Crippen molar-refractivity contribution in [1.29, 1.82) is 0 Å². The molecule has 0 unspecified atom stereocenters. The summed E-state index contributed by atoms with van der Waals surface area (Å²) in [4.78, 5) is 35.7. The topological polar surface area (TPSA) is 108 Å². The van der Waals surface area contributed by atoms with Crippen molar-refractivity contribution >= 4 is 11.7 Å². The molecule has 3 heterocycles. The van der Waals surface area contributed by atoms with E-state index in [1.165, 1.54) is 29.5 Å². The Morgan fingerprint density at radius 1 is 1.25 bits per heavy atom. The molecule has 0 aliphatic carbocycles. The van der Waals surface area contributed by atoms with Crippen LogP contribution in [-0.2, 0) is 11.3 Å². The molecule has 0 radical (unpaired) electrons. The Balaban J connectivity index is 1.77. The summed E-state index contributed by atoms with van der Waals surface area (Å²) in [5, 5.41) is 6.98. The van der Waals surface area contributed by atoms with Crippen LogP contribution in [0.15, 0.2) is 41.8 Å². The Morgan fingerprint density at radius 2 is 2.08 bits per heavy atom. The number of aromatic nitrogens is 6. The maximum atomic E-state index is 12.1. The Morgan fingerprint density at radius 3 is 2.79 bits per heavy atom. The summed E-state index contributed by atoms with van der Waals surface area (Å²) in [7, 11) is 0. The number of rotatable bonds is 4. The highest BCUT2D eigenvalue weighted by molar-refractivity contribution is 5.89. The van der Waals surface area contributed by atoms with Gasteiger partial charge in [0.25, 0.3) is 5.56 Å². The van der Waals surface area contributed by atoms with Gasteiger partial charge in [0.15, 0.2) is 5.82 Å². The predicted molar refractivity (Wildman–Crippen MR) is 85.8 cm³/mol. The quantitative estimate of drug-likeness (QED) is 0.747. The van der Waals surface area contributed by atoms with E-state index >= 15 is 0 Å². The predicted octanol–water partition coefficient (Wildman–Crippen LogP) is 0.475. The van der Waals surface area contributed by atoms with E-state index in [9.17, 15) is 9.59 Å². The fourth-order valence-electron chi connectivity index (χ4n) is 2.23. The van der Waals surface area contributed by atoms with Crippen molar-refractivity contribution in [2.75, 3.05) is 5.32 Å². The molecule has 3 aromatic rings. The fraction of sp³-hybridized carbons (Fsp3) is 0.200. The highest BCUT2D eigenvalue weighted by Gasteiger charge is 2.09. The van der Waals surface area contributed by atoms with Crippen LogP contribution < -0.4 is 10.9 Å². The fourth-order valence-corrected chi connectivity index (χ4v) is 2.23. The van der Waals surface area contributed by atoms with E-state index in [-0.39, 0.29) is 18.0 Å². The standard InChI is InChI=1S/C15H15N7O2/c1-10-5-11(2)22(20-10)13-6-12(17-8-18-13)19-14(23)7-21-9-16-4-3-15(21)24/h3-6,8-9H,7H2,1-2H3,(H,17,18,19,23). The van der Waals surface area contributed by atoms with Crippen molar-refractivity contribution in [3.8, 4) is 5.82 Å². The van der Waals surface area contributed by atoms with Crippen molar-refractivity contribution in [2.45, 2.75) is 20.4 Å². The van der Waals surface area contributed by atoms with Crippen molar-refractivity contribution < 1.29 is 4.79 Å². The van der Waals surface area contributed by atoms with Gasteiger partial charge in [-0.1, -0.05) is 0 Å². The van der Waals surface area contributed by atoms with E-state index in [2.05, 4.69) is 25.4 Å². The molecule has 9 nitrogen and oxygen atoms in total. The largest absolute Gasteiger partial charge is 0.309 e. The second-order valence-electron chi connectivity index (χ2n) is 5.19. The molecule has 9 heteroatoms. The summed E-state index contributed by atoms with van der Waals surface area (Å²) in [5.41, 5.74) is 1.49. The molecule has 3 rings (SSSR count). The minimum absolute atomic E-state index is 0.147. The first-order valence-corrected chi connectivity index (χ1v) is 7.19. The van der Waals surface area contributed by atoms with E-state index < -0.39 is 0 Å². The van der Waals surface area contributed by atoms with Crippen LogP contribution in [0.2, 0.25) is 0 Å². The number of carbonyl (C=O) groups excluding carboxylic acids is 1. The molecule has 0 saturated carbocycles. The van der Waals surface area contributed by atoms with Gasteiger partial charge in [-0.15, -0.1) is 0 Å². The molecule has 24 heavy (non-hydrogen) atoms. The first-order valence-electron chi connectivity index (χ1n) is 7.19. The van der Waals surface area contributed by atoms with Gasteiger partial charge in [0.05, 0.1) is 12.0 Å². The third-order valence-electron chi connectivity index (χ3n) is 3.25. The van der Waals surface area contributed by atoms with E-state index in [0.717, 1.165) is 11.4 Å². The zero-order valence-electron chi connectivity index (χ0n) is 13.2. The van der Waals surface area contributed by atoms with Crippen molar-refractivity contribution in [2.24, 2.45) is 0 Å². The van der Waals surface area contributed by atoms with E-state index in [0.29, 0.717) is 11.6 Å². The molecule has 1 amide bonds. The number of hydrogen-bond donors (Lipinski definition) is 1. The molecular weight excluding hydrogens is 310 g/mol. The lowest BCUT2D eigenvalue weighted by molar-refractivity contribution is -0.116. The lowest BCUT2D eigenvalue weighted by Gasteiger charge is -2.08. The maximum absolute atomic E-state index is 12.1. The zero-order valence-corrected chi connectivity index (χ0v) is 13.2. The first-order chi connectivity index (χ1) is 11.5. The van der Waals surface area contributed by atoms with Crippen LogP contribution in [-0.4, -0.2) is 35.2 Å². The maximum Gasteiger partial charge on any atom is 0.253 e. The third-order valence-corrected chi connectivity index (χ3v) is 3.25. The molecule has 3 aromatic heterocycles. The van der Waals surface area contributed by atoms with Crippen LogP contribution in [0.1, 0.15) is 11.4 Å². The molecule has 1 N–H and O–H groups in total. The van der Waals surface area contributed by atoms with E-state index in [1.54, 1.807) is 10.7 Å². The average Bonchev–Trinajstić information content (AvgIpc) is 2.88. The highest BCUT2D eigenvalue weighted by atomic mass is 16.2. The number of aryl methyl sites for hydroxylation is 2. The Kier molecular flexibility index (Phi) is 4.15.